The fourth-order valence-corrected chi connectivity index (χ4v) is 7.97. The summed E-state index contributed by atoms with van der Waals surface area (Å²) in [6.45, 7) is 10.1. The maximum atomic E-state index is 14.7. The largest absolute Gasteiger partial charge is 0.356 e. The summed E-state index contributed by atoms with van der Waals surface area (Å²) >= 11 is 3.06. The summed E-state index contributed by atoms with van der Waals surface area (Å²) in [5.74, 6) is 6.88. The molecule has 0 aliphatic carbocycles. The number of benzene rings is 2. The third kappa shape index (κ3) is 15.5. The predicted octanol–water partition coefficient (Wildman–Crippen LogP) is 13.1. The van der Waals surface area contributed by atoms with E-state index in [9.17, 15) is 17.6 Å². The number of nitrogens with zero attached hydrogens (tertiary/aromatic N) is 6. The Morgan fingerprint density at radius 1 is 0.696 bits per heavy atom. The second-order valence-corrected chi connectivity index (χ2v) is 17.5. The van der Waals surface area contributed by atoms with Gasteiger partial charge in [-0.2, -0.15) is 0 Å². The van der Waals surface area contributed by atoms with E-state index in [2.05, 4.69) is 67.8 Å². The number of ether oxygens (including phenoxy) is 4. The Hall–Kier alpha value is -5.56. The van der Waals surface area contributed by atoms with Crippen LogP contribution in [0.2, 0.25) is 0 Å². The SMILES string of the molecule is C#CCCCC.CCCCC#Cc1cc(F)c(-c2cc(Cn3ccnc3[C@H](C)OC3CCCCO3)no2)c(F)c1.C[C@H](OC1CCCCO1)c1nccn1Cc1cc(-c2c(F)cc(Br)cc2F)on1. The van der Waals surface area contributed by atoms with Gasteiger partial charge in [0.25, 0.3) is 0 Å². The van der Waals surface area contributed by atoms with Gasteiger partial charge < -0.3 is 37.1 Å². The molecular weight excluding hydrogens is 961 g/mol. The van der Waals surface area contributed by atoms with Gasteiger partial charge in [0, 0.05) is 73.0 Å². The molecule has 2 saturated heterocycles. The Bertz CT molecular complexity index is 2590. The van der Waals surface area contributed by atoms with Crippen LogP contribution in [0, 0.1) is 47.5 Å². The first kappa shape index (κ1) is 52.8. The van der Waals surface area contributed by atoms with Crippen LogP contribution in [-0.2, 0) is 32.0 Å². The van der Waals surface area contributed by atoms with Crippen molar-refractivity contribution in [3.63, 3.8) is 0 Å². The number of unbranched alkanes of at least 4 members (excludes halogenated alkanes) is 4. The van der Waals surface area contributed by atoms with Gasteiger partial charge in [-0.05, 0) is 89.5 Å². The van der Waals surface area contributed by atoms with Crippen LogP contribution in [0.3, 0.4) is 0 Å². The van der Waals surface area contributed by atoms with Gasteiger partial charge >= 0.3 is 0 Å². The second kappa shape index (κ2) is 27.0. The number of hydrogen-bond acceptors (Lipinski definition) is 10. The first-order chi connectivity index (χ1) is 33.5. The van der Waals surface area contributed by atoms with Crippen molar-refractivity contribution in [1.29, 1.82) is 0 Å². The maximum absolute atomic E-state index is 14.7. The summed E-state index contributed by atoms with van der Waals surface area (Å²) in [7, 11) is 0. The van der Waals surface area contributed by atoms with E-state index in [0.29, 0.717) is 65.8 Å². The quantitative estimate of drug-likeness (QED) is 0.0526. The van der Waals surface area contributed by atoms with E-state index < -0.39 is 23.3 Å². The second-order valence-electron chi connectivity index (χ2n) is 16.6. The topological polar surface area (TPSA) is 125 Å². The minimum Gasteiger partial charge on any atom is -0.356 e. The van der Waals surface area contributed by atoms with Crippen molar-refractivity contribution in [2.24, 2.45) is 0 Å². The van der Waals surface area contributed by atoms with Gasteiger partial charge in [0.15, 0.2) is 24.1 Å². The normalized spacial score (nSPS) is 16.5. The molecule has 4 atom stereocenters. The minimum atomic E-state index is -0.736. The molecule has 6 aromatic rings. The van der Waals surface area contributed by atoms with Crippen LogP contribution in [0.15, 0.2) is 74.7 Å². The molecule has 2 unspecified atom stereocenters. The lowest BCUT2D eigenvalue weighted by Gasteiger charge is -2.26. The van der Waals surface area contributed by atoms with Gasteiger partial charge in [-0.15, -0.1) is 12.3 Å². The highest BCUT2D eigenvalue weighted by atomic mass is 79.9. The molecule has 12 nitrogen and oxygen atoms in total. The zero-order chi connectivity index (χ0) is 49.1. The predicted molar refractivity (Wildman–Crippen MR) is 255 cm³/mol. The molecule has 0 saturated carbocycles. The Labute approximate surface area is 409 Å². The van der Waals surface area contributed by atoms with Crippen LogP contribution in [0.4, 0.5) is 17.6 Å². The van der Waals surface area contributed by atoms with E-state index in [-0.39, 0.29) is 47.4 Å². The monoisotopic (exact) mass is 1020 g/mol. The molecular formula is C52H59BrF4N6O6. The highest BCUT2D eigenvalue weighted by molar-refractivity contribution is 9.10. The van der Waals surface area contributed by atoms with E-state index in [4.69, 9.17) is 34.4 Å². The van der Waals surface area contributed by atoms with Gasteiger partial charge in [-0.1, -0.05) is 64.8 Å². The van der Waals surface area contributed by atoms with E-state index >= 15 is 0 Å². The number of halogens is 5. The first-order valence-electron chi connectivity index (χ1n) is 23.5. The summed E-state index contributed by atoms with van der Waals surface area (Å²) < 4.78 is 95.6. The molecule has 2 fully saturated rings. The van der Waals surface area contributed by atoms with E-state index in [1.165, 1.54) is 49.2 Å². The van der Waals surface area contributed by atoms with Crippen LogP contribution in [0.25, 0.3) is 22.6 Å². The van der Waals surface area contributed by atoms with Crippen LogP contribution in [0.5, 0.6) is 0 Å². The lowest BCUT2D eigenvalue weighted by molar-refractivity contribution is -0.188. The average Bonchev–Trinajstić information content (AvgIpc) is 4.18. The summed E-state index contributed by atoms with van der Waals surface area (Å²) in [6.07, 6.45) is 22.9. The number of rotatable bonds is 16. The minimum absolute atomic E-state index is 0.0251. The third-order valence-electron chi connectivity index (χ3n) is 11.1. The zero-order valence-corrected chi connectivity index (χ0v) is 41.1. The van der Waals surface area contributed by atoms with Crippen LogP contribution >= 0.6 is 15.9 Å². The molecule has 4 aromatic heterocycles. The first-order valence-corrected chi connectivity index (χ1v) is 24.3. The fourth-order valence-electron chi connectivity index (χ4n) is 7.56. The Balaban J connectivity index is 0.000000205. The third-order valence-corrected chi connectivity index (χ3v) is 11.6. The number of aromatic nitrogens is 6. The molecule has 8 rings (SSSR count). The fraction of sp³-hybridized carbons (Fsp3) is 0.462. The summed E-state index contributed by atoms with van der Waals surface area (Å²) in [5, 5.41) is 7.96. The van der Waals surface area contributed by atoms with Crippen molar-refractivity contribution in [3.05, 3.63) is 118 Å². The van der Waals surface area contributed by atoms with E-state index in [0.717, 1.165) is 57.8 Å². The summed E-state index contributed by atoms with van der Waals surface area (Å²) in [4.78, 5) is 8.79. The number of terminal acetylenes is 1. The van der Waals surface area contributed by atoms with Crippen LogP contribution in [-0.4, -0.2) is 55.2 Å². The zero-order valence-electron chi connectivity index (χ0n) is 39.5. The number of imidazole rings is 2. The van der Waals surface area contributed by atoms with Gasteiger partial charge in [0.05, 0.1) is 24.2 Å². The van der Waals surface area contributed by atoms with Gasteiger partial charge in [0.2, 0.25) is 0 Å². The Morgan fingerprint density at radius 3 is 1.58 bits per heavy atom. The lowest BCUT2D eigenvalue weighted by Crippen LogP contribution is -2.24. The molecule has 0 amide bonds. The van der Waals surface area contributed by atoms with Crippen molar-refractivity contribution in [2.75, 3.05) is 13.2 Å². The molecule has 6 heterocycles. The van der Waals surface area contributed by atoms with Crippen molar-refractivity contribution in [3.8, 4) is 46.8 Å². The van der Waals surface area contributed by atoms with Gasteiger partial charge in [0.1, 0.15) is 58.5 Å². The van der Waals surface area contributed by atoms with E-state index in [1.807, 2.05) is 23.0 Å². The van der Waals surface area contributed by atoms with Crippen molar-refractivity contribution < 1.29 is 45.6 Å². The number of hydrogen-bond donors (Lipinski definition) is 0. The molecule has 0 spiro atoms. The molecule has 17 heteroatoms. The average molecular weight is 1020 g/mol. The lowest BCUT2D eigenvalue weighted by atomic mass is 10.1. The smallest absolute Gasteiger partial charge is 0.173 e. The van der Waals surface area contributed by atoms with E-state index in [1.54, 1.807) is 24.8 Å². The molecule has 368 valence electrons. The maximum Gasteiger partial charge on any atom is 0.173 e. The molecule has 0 radical (unpaired) electrons. The molecule has 2 aromatic carbocycles. The summed E-state index contributed by atoms with van der Waals surface area (Å²) in [6, 6.07) is 7.87. The van der Waals surface area contributed by atoms with Gasteiger partial charge in [-0.25, -0.2) is 27.5 Å². The molecule has 0 bridgehead atoms. The van der Waals surface area contributed by atoms with Crippen molar-refractivity contribution >= 4 is 15.9 Å². The van der Waals surface area contributed by atoms with Crippen molar-refractivity contribution in [1.82, 2.24) is 29.4 Å². The highest BCUT2D eigenvalue weighted by Gasteiger charge is 2.25. The summed E-state index contributed by atoms with van der Waals surface area (Å²) in [5.41, 5.74) is 0.826. The molecule has 2 aliphatic rings. The van der Waals surface area contributed by atoms with Gasteiger partial charge in [-0.3, -0.25) is 0 Å². The Morgan fingerprint density at radius 2 is 1.16 bits per heavy atom. The standard InChI is InChI=1S/C26H29F2N3O3.C20H20BrF2N3O3.C6H10/c1-3-4-5-6-9-19-14-21(27)25(22(28)15-19)23-16-20(30-34-23)17-31-12-11-29-26(31)18(2)33-24-10-7-8-13-32-24;1-12(28-18-4-2-3-7-27-18)20-24-5-6-26(20)11-14-10-17(29-25-14)19-15(22)8-13(21)9-16(19)23;1-3-5-6-4-2/h11-12,14-16,18,24H,3-5,7-8,10,13,17H2,1-2H3;5-6,8-10,12,18H,2-4,7,11H2,1H3;1H,4-6H2,2H3/t18-,24?;12-,18?;/m00./s1. The molecule has 0 N–H and O–H groups in total. The van der Waals surface area contributed by atoms with Crippen LogP contribution < -0.4 is 0 Å². The highest BCUT2D eigenvalue weighted by Crippen LogP contribution is 2.32. The van der Waals surface area contributed by atoms with Crippen molar-refractivity contribution in [2.45, 2.75) is 143 Å². The molecule has 69 heavy (non-hydrogen) atoms. The van der Waals surface area contributed by atoms with Crippen LogP contribution in [0.1, 0.15) is 146 Å². The molecule has 2 aliphatic heterocycles. The Kier molecular flexibility index (Phi) is 20.7.